The fourth-order valence-corrected chi connectivity index (χ4v) is 1.98. The van der Waals surface area contributed by atoms with Gasteiger partial charge in [-0.05, 0) is 26.8 Å². The van der Waals surface area contributed by atoms with Crippen LogP contribution in [0.25, 0.3) is 0 Å². The lowest BCUT2D eigenvalue weighted by Crippen LogP contribution is -2.31. The van der Waals surface area contributed by atoms with Gasteiger partial charge in [-0.15, -0.1) is 0 Å². The number of alkyl carbamates (subject to hydrolysis) is 1. The molecule has 5 heteroatoms. The lowest BCUT2D eigenvalue weighted by molar-refractivity contribution is -0.390. The second-order valence-electron chi connectivity index (χ2n) is 4.79. The van der Waals surface area contributed by atoms with Gasteiger partial charge in [-0.3, -0.25) is 0 Å². The normalized spacial score (nSPS) is 11.1. The summed E-state index contributed by atoms with van der Waals surface area (Å²) in [5.74, 6) is 0. The van der Waals surface area contributed by atoms with E-state index in [1.54, 1.807) is 15.9 Å². The SMILES string of the molecule is C=[N+](C)c1ccc(CNC(=O)OC(C)(C)C)s1. The van der Waals surface area contributed by atoms with Crippen LogP contribution in [0.2, 0.25) is 0 Å². The number of carbonyl (C=O) groups excluding carboxylic acids is 1. The van der Waals surface area contributed by atoms with Crippen LogP contribution in [0.15, 0.2) is 12.1 Å². The van der Waals surface area contributed by atoms with Crippen molar-refractivity contribution in [2.24, 2.45) is 0 Å². The first-order valence-electron chi connectivity index (χ1n) is 5.38. The molecule has 1 amide bonds. The van der Waals surface area contributed by atoms with E-state index in [1.165, 1.54) is 0 Å². The van der Waals surface area contributed by atoms with Gasteiger partial charge in [0.1, 0.15) is 19.4 Å². The molecule has 17 heavy (non-hydrogen) atoms. The standard InChI is InChI=1S/C12H18N2O2S/c1-12(2,3)16-11(15)13-8-9-6-7-10(17-9)14(4)5/h6-7H,4,8H2,1-3,5H3/p+1. The van der Waals surface area contributed by atoms with Gasteiger partial charge in [0.05, 0.1) is 6.54 Å². The predicted octanol–water partition coefficient (Wildman–Crippen LogP) is 2.75. The molecule has 0 atom stereocenters. The Morgan fingerprint density at radius 1 is 1.53 bits per heavy atom. The number of carbonyl (C=O) groups is 1. The Bertz CT molecular complexity index is 418. The summed E-state index contributed by atoms with van der Waals surface area (Å²) in [7, 11) is 1.89. The predicted molar refractivity (Wildman–Crippen MR) is 70.4 cm³/mol. The van der Waals surface area contributed by atoms with E-state index >= 15 is 0 Å². The van der Waals surface area contributed by atoms with Crippen molar-refractivity contribution in [3.63, 3.8) is 0 Å². The molecule has 0 aliphatic rings. The fourth-order valence-electron chi connectivity index (χ4n) is 1.14. The molecule has 0 saturated carbocycles. The van der Waals surface area contributed by atoms with Crippen molar-refractivity contribution in [2.75, 3.05) is 7.05 Å². The summed E-state index contributed by atoms with van der Waals surface area (Å²) >= 11 is 1.59. The molecule has 0 bridgehead atoms. The highest BCUT2D eigenvalue weighted by atomic mass is 32.1. The number of nitrogens with one attached hydrogen (secondary N) is 1. The molecule has 0 unspecified atom stereocenters. The maximum absolute atomic E-state index is 11.4. The molecule has 1 heterocycles. The largest absolute Gasteiger partial charge is 0.444 e. The van der Waals surface area contributed by atoms with Crippen molar-refractivity contribution in [3.05, 3.63) is 17.0 Å². The van der Waals surface area contributed by atoms with Crippen LogP contribution in [0.5, 0.6) is 0 Å². The Balaban J connectivity index is 2.45. The van der Waals surface area contributed by atoms with Crippen LogP contribution in [0.4, 0.5) is 9.80 Å². The van der Waals surface area contributed by atoms with Gasteiger partial charge in [0, 0.05) is 10.9 Å². The third-order valence-electron chi connectivity index (χ3n) is 1.83. The van der Waals surface area contributed by atoms with Gasteiger partial charge in [0.25, 0.3) is 5.00 Å². The first kappa shape index (κ1) is 13.7. The average molecular weight is 255 g/mol. The summed E-state index contributed by atoms with van der Waals surface area (Å²) in [5, 5.41) is 3.78. The van der Waals surface area contributed by atoms with Gasteiger partial charge < -0.3 is 10.1 Å². The first-order valence-corrected chi connectivity index (χ1v) is 6.19. The molecule has 0 aromatic carbocycles. The molecular weight excluding hydrogens is 236 g/mol. The van der Waals surface area contributed by atoms with Crippen molar-refractivity contribution < 1.29 is 14.1 Å². The van der Waals surface area contributed by atoms with E-state index in [-0.39, 0.29) is 0 Å². The van der Waals surface area contributed by atoms with Crippen LogP contribution in [0, 0.1) is 0 Å². The van der Waals surface area contributed by atoms with Gasteiger partial charge in [-0.2, -0.15) is 4.58 Å². The molecule has 1 aromatic rings. The smallest absolute Gasteiger partial charge is 0.407 e. The number of rotatable bonds is 3. The zero-order chi connectivity index (χ0) is 13.1. The number of hydrogen-bond donors (Lipinski definition) is 1. The maximum Gasteiger partial charge on any atom is 0.407 e. The van der Waals surface area contributed by atoms with Crippen molar-refractivity contribution in [2.45, 2.75) is 32.9 Å². The third-order valence-corrected chi connectivity index (χ3v) is 3.03. The molecule has 0 spiro atoms. The minimum absolute atomic E-state index is 0.393. The molecule has 0 aliphatic heterocycles. The molecule has 1 N–H and O–H groups in total. The molecule has 0 fully saturated rings. The maximum atomic E-state index is 11.4. The van der Waals surface area contributed by atoms with Gasteiger partial charge in [0.15, 0.2) is 0 Å². The van der Waals surface area contributed by atoms with Gasteiger partial charge in [-0.1, -0.05) is 11.3 Å². The van der Waals surface area contributed by atoms with Gasteiger partial charge >= 0.3 is 6.09 Å². The highest BCUT2D eigenvalue weighted by Crippen LogP contribution is 2.23. The van der Waals surface area contributed by atoms with Crippen LogP contribution in [0.3, 0.4) is 0 Å². The summed E-state index contributed by atoms with van der Waals surface area (Å²) < 4.78 is 6.94. The van der Waals surface area contributed by atoms with Crippen LogP contribution in [-0.4, -0.2) is 30.0 Å². The van der Waals surface area contributed by atoms with E-state index in [0.717, 1.165) is 9.88 Å². The van der Waals surface area contributed by atoms with Crippen LogP contribution in [-0.2, 0) is 11.3 Å². The Labute approximate surface area is 106 Å². The molecule has 0 aliphatic carbocycles. The Hall–Kier alpha value is -1.36. The second kappa shape index (κ2) is 5.31. The second-order valence-corrected chi connectivity index (χ2v) is 5.94. The van der Waals surface area contributed by atoms with E-state index < -0.39 is 11.7 Å². The molecule has 4 nitrogen and oxygen atoms in total. The molecule has 0 saturated heterocycles. The van der Waals surface area contributed by atoms with Crippen LogP contribution in [0.1, 0.15) is 25.6 Å². The number of hydrogen-bond acceptors (Lipinski definition) is 3. The number of nitrogens with zero attached hydrogens (tertiary/aromatic N) is 1. The Morgan fingerprint density at radius 3 is 2.65 bits per heavy atom. The molecule has 94 valence electrons. The highest BCUT2D eigenvalue weighted by Gasteiger charge is 2.16. The molecule has 0 radical (unpaired) electrons. The summed E-state index contributed by atoms with van der Waals surface area (Å²) in [5.41, 5.74) is -0.460. The fraction of sp³-hybridized carbons (Fsp3) is 0.500. The zero-order valence-corrected chi connectivity index (χ0v) is 11.6. The third kappa shape index (κ3) is 4.99. The lowest BCUT2D eigenvalue weighted by atomic mass is 10.2. The van der Waals surface area contributed by atoms with E-state index in [0.29, 0.717) is 6.54 Å². The van der Waals surface area contributed by atoms with E-state index in [4.69, 9.17) is 4.74 Å². The highest BCUT2D eigenvalue weighted by molar-refractivity contribution is 7.15. The van der Waals surface area contributed by atoms with E-state index in [2.05, 4.69) is 12.0 Å². The van der Waals surface area contributed by atoms with Crippen LogP contribution < -0.4 is 5.32 Å². The summed E-state index contributed by atoms with van der Waals surface area (Å²) in [6.07, 6.45) is -0.393. The Morgan fingerprint density at radius 2 is 2.18 bits per heavy atom. The molecule has 1 aromatic heterocycles. The van der Waals surface area contributed by atoms with Crippen molar-refractivity contribution in [1.29, 1.82) is 0 Å². The Kier molecular flexibility index (Phi) is 4.28. The summed E-state index contributed by atoms with van der Waals surface area (Å²) in [4.78, 5) is 12.5. The number of ether oxygens (including phenoxy) is 1. The van der Waals surface area contributed by atoms with Gasteiger partial charge in [0.2, 0.25) is 0 Å². The first-order chi connectivity index (χ1) is 7.78. The molecular formula is C12H19N2O2S+. The monoisotopic (exact) mass is 255 g/mol. The quantitative estimate of drug-likeness (QED) is 0.666. The summed E-state index contributed by atoms with van der Waals surface area (Å²) in [6.45, 7) is 9.80. The van der Waals surface area contributed by atoms with Crippen molar-refractivity contribution in [3.8, 4) is 0 Å². The average Bonchev–Trinajstić information content (AvgIpc) is 2.60. The van der Waals surface area contributed by atoms with Crippen molar-refractivity contribution >= 4 is 29.1 Å². The van der Waals surface area contributed by atoms with Crippen LogP contribution >= 0.6 is 11.3 Å². The number of thiophene rings is 1. The number of amides is 1. The van der Waals surface area contributed by atoms with E-state index in [1.807, 2.05) is 40.0 Å². The van der Waals surface area contributed by atoms with Gasteiger partial charge in [-0.25, -0.2) is 4.79 Å². The minimum atomic E-state index is -0.460. The van der Waals surface area contributed by atoms with Crippen molar-refractivity contribution in [1.82, 2.24) is 5.32 Å². The summed E-state index contributed by atoms with van der Waals surface area (Å²) in [6, 6.07) is 3.95. The minimum Gasteiger partial charge on any atom is -0.444 e. The zero-order valence-electron chi connectivity index (χ0n) is 10.7. The molecule has 1 rings (SSSR count). The van der Waals surface area contributed by atoms with E-state index in [9.17, 15) is 4.79 Å². The lowest BCUT2D eigenvalue weighted by Gasteiger charge is -2.19. The topological polar surface area (TPSA) is 41.3 Å².